The van der Waals surface area contributed by atoms with E-state index < -0.39 is 0 Å². The number of benzene rings is 20. The fourth-order valence-corrected chi connectivity index (χ4v) is 21.1. The largest absolute Gasteiger partial charge is 0.0616 e. The van der Waals surface area contributed by atoms with Crippen LogP contribution >= 0.6 is 0 Å². The highest BCUT2D eigenvalue weighted by molar-refractivity contribution is 6.10. The van der Waals surface area contributed by atoms with Crippen molar-refractivity contribution in [2.75, 3.05) is 0 Å². The molecule has 0 N–H and O–H groups in total. The first-order valence-corrected chi connectivity index (χ1v) is 50.6. The van der Waals surface area contributed by atoms with Gasteiger partial charge >= 0.3 is 0 Å². The molecule has 0 nitrogen and oxygen atoms in total. The van der Waals surface area contributed by atoms with E-state index in [0.717, 1.165) is 0 Å². The molecule has 0 aromatic heterocycles. The molecule has 0 heterocycles. The Morgan fingerprint density at radius 1 is 0.143 bits per heavy atom. The zero-order chi connectivity index (χ0) is 99.3. The van der Waals surface area contributed by atoms with Crippen molar-refractivity contribution in [1.82, 2.24) is 0 Å². The van der Waals surface area contributed by atoms with Crippen LogP contribution in [0.25, 0.3) is 165 Å². The molecule has 0 radical (unpaired) electrons. The van der Waals surface area contributed by atoms with E-state index in [2.05, 4.69) is 532 Å². The van der Waals surface area contributed by atoms with Gasteiger partial charge in [-0.3, -0.25) is 0 Å². The molecule has 0 bridgehead atoms. The molecule has 1 aliphatic carbocycles. The van der Waals surface area contributed by atoms with Crippen LogP contribution in [-0.2, 0) is 34.5 Å². The molecular formula is C140H140. The van der Waals surface area contributed by atoms with E-state index in [9.17, 15) is 0 Å². The molecule has 0 fully saturated rings. The first-order chi connectivity index (χ1) is 66.6. The molecule has 20 aromatic rings. The van der Waals surface area contributed by atoms with Gasteiger partial charge in [0.05, 0.1) is 0 Å². The van der Waals surface area contributed by atoms with Gasteiger partial charge in [-0.2, -0.15) is 0 Å². The minimum atomic E-state index is 0.0877. The fourth-order valence-electron chi connectivity index (χ4n) is 21.1. The summed E-state index contributed by atoms with van der Waals surface area (Å²) in [6.07, 6.45) is 2.38. The maximum atomic E-state index is 2.41. The molecule has 21 rings (SSSR count). The number of aryl methyl sites for hydroxylation is 16. The summed E-state index contributed by atoms with van der Waals surface area (Å²) in [7, 11) is 0. The quantitative estimate of drug-likeness (QED) is 0.105. The molecule has 0 saturated heterocycles. The van der Waals surface area contributed by atoms with E-state index in [1.807, 2.05) is 0 Å². The predicted octanol–water partition coefficient (Wildman–Crippen LogP) is 40.0. The summed E-state index contributed by atoms with van der Waals surface area (Å²) in [5.41, 5.74) is 50.2. The highest BCUT2D eigenvalue weighted by Crippen LogP contribution is 2.46. The third kappa shape index (κ3) is 21.7. The molecule has 0 saturated carbocycles. The Morgan fingerprint density at radius 2 is 0.364 bits per heavy atom. The molecule has 0 heteroatoms. The molecule has 0 aliphatic heterocycles. The van der Waals surface area contributed by atoms with Crippen molar-refractivity contribution < 1.29 is 0 Å². The normalized spacial score (nSPS) is 12.0. The number of rotatable bonds is 8. The molecule has 0 amide bonds. The van der Waals surface area contributed by atoms with Crippen LogP contribution in [-0.4, -0.2) is 0 Å². The van der Waals surface area contributed by atoms with Gasteiger partial charge in [0, 0.05) is 0 Å². The summed E-state index contributed by atoms with van der Waals surface area (Å²) >= 11 is 0. The van der Waals surface area contributed by atoms with Crippen molar-refractivity contribution in [2.45, 2.75) is 215 Å². The van der Waals surface area contributed by atoms with Crippen molar-refractivity contribution in [3.63, 3.8) is 0 Å². The van der Waals surface area contributed by atoms with Crippen LogP contribution < -0.4 is 0 Å². The summed E-state index contributed by atoms with van der Waals surface area (Å²) in [5.74, 6) is 0. The number of hydrogen-bond acceptors (Lipinski definition) is 0. The van der Waals surface area contributed by atoms with E-state index >= 15 is 0 Å². The third-order valence-electron chi connectivity index (χ3n) is 28.7. The highest BCUT2D eigenvalue weighted by atomic mass is 14.3. The second-order valence-electron chi connectivity index (χ2n) is 44.8. The van der Waals surface area contributed by atoms with E-state index in [4.69, 9.17) is 0 Å². The number of fused-ring (bicyclic) bond motifs is 10. The molecule has 20 aromatic carbocycles. The Hall–Kier alpha value is -14.0. The van der Waals surface area contributed by atoms with Crippen LogP contribution in [0.3, 0.4) is 0 Å². The third-order valence-corrected chi connectivity index (χ3v) is 28.7. The fraction of sp³-hybridized carbons (Fsp3) is 0.229. The van der Waals surface area contributed by atoms with Gasteiger partial charge < -0.3 is 0 Å². The first kappa shape index (κ1) is 97.6. The molecular weight excluding hydrogens is 1680 g/mol. The van der Waals surface area contributed by atoms with Crippen molar-refractivity contribution in [3.05, 3.63) is 463 Å². The second kappa shape index (κ2) is 39.7. The molecule has 0 atom stereocenters. The van der Waals surface area contributed by atoms with E-state index in [1.165, 1.54) is 289 Å². The van der Waals surface area contributed by atoms with Gasteiger partial charge in [-0.05, 0) is 399 Å². The SMILES string of the molecule is Cc1c2ccccc2c(C)c2ccccc12.Cc1cc(-c2cc(-c3ccc(C(C)(C)C)cc3)cc(-c3ccc(C(C)(C)C)cc3)c2)c2cc(C)cc(-c3cc(-c4ccc(C(C)(C)C)cc4)cc(-c4ccc(C(C)(C)C)cc4)c3)c2c1.Cc1cc(C)cc(-c2cc(C)cc3c(-c4cc(C)cc(C)c4)cc(C)cc23)c1.Cc1ccc2c(c1)CCc1cc(C)ccc1-2.Cc1ccc2c(ccc3cc(C)ccc32)c1. The van der Waals surface area contributed by atoms with Crippen LogP contribution in [0.4, 0.5) is 0 Å². The van der Waals surface area contributed by atoms with Gasteiger partial charge in [0.1, 0.15) is 0 Å². The van der Waals surface area contributed by atoms with Crippen LogP contribution in [0.5, 0.6) is 0 Å². The van der Waals surface area contributed by atoms with Crippen LogP contribution in [0, 0.1) is 96.9 Å². The van der Waals surface area contributed by atoms with Gasteiger partial charge in [-0.1, -0.05) is 443 Å². The lowest BCUT2D eigenvalue weighted by Gasteiger charge is -2.21. The summed E-state index contributed by atoms with van der Waals surface area (Å²) in [6.45, 7) is 58.1. The van der Waals surface area contributed by atoms with Gasteiger partial charge in [0.25, 0.3) is 0 Å². The first-order valence-electron chi connectivity index (χ1n) is 50.6. The summed E-state index contributed by atoms with van der Waals surface area (Å²) in [4.78, 5) is 0. The molecule has 140 heavy (non-hydrogen) atoms. The minimum Gasteiger partial charge on any atom is -0.0616 e. The van der Waals surface area contributed by atoms with E-state index in [-0.39, 0.29) is 21.7 Å². The minimum absolute atomic E-state index is 0.0877. The van der Waals surface area contributed by atoms with Gasteiger partial charge in [-0.25, -0.2) is 0 Å². The lowest BCUT2D eigenvalue weighted by molar-refractivity contribution is 0.590. The average Bonchev–Trinajstić information content (AvgIpc) is 0.769. The van der Waals surface area contributed by atoms with E-state index in [0.29, 0.717) is 0 Å². The molecule has 1 aliphatic rings. The van der Waals surface area contributed by atoms with Gasteiger partial charge in [-0.15, -0.1) is 0 Å². The Morgan fingerprint density at radius 3 is 0.614 bits per heavy atom. The smallest absolute Gasteiger partial charge is 0.00963 e. The topological polar surface area (TPSA) is 0 Å². The molecule has 700 valence electrons. The van der Waals surface area contributed by atoms with Gasteiger partial charge in [0.15, 0.2) is 0 Å². The van der Waals surface area contributed by atoms with Crippen LogP contribution in [0.2, 0.25) is 0 Å². The Bertz CT molecular complexity index is 7360. The second-order valence-corrected chi connectivity index (χ2v) is 44.8. The lowest BCUT2D eigenvalue weighted by Crippen LogP contribution is -2.10. The zero-order valence-electron chi connectivity index (χ0n) is 87.9. The Balaban J connectivity index is 0.000000143. The van der Waals surface area contributed by atoms with Crippen LogP contribution in [0.15, 0.2) is 352 Å². The summed E-state index contributed by atoms with van der Waals surface area (Å²) in [6, 6.07) is 133. The molecule has 0 unspecified atom stereocenters. The van der Waals surface area contributed by atoms with E-state index in [1.54, 1.807) is 0 Å². The standard InChI is InChI=1S/C64H68.C28H28.C16H16.2C16H14/c1-41-31-57(51-37-47(43-15-23-53(24-16-43)61(3,4)5)35-48(38-51)44-17-25-54(26-18-44)62(6,7)8)60-34-42(2)32-58(59(60)33-41)52-39-49(45-19-27-55(28-20-45)63(9,10)11)36-50(40-52)46-21-29-56(30-22-46)64(12,13)14;1-17-7-18(2)10-23(9-17)25-13-21(5)16-28-26(14-22(6)15-27(25)28)24-11-19(3)8-20(4)12-24;2*1-11-3-7-15-13(9-11)5-6-14-10-12(2)4-8-16(14)15;1-11-13-7-3-5-9-15(13)12(2)16-10-6-4-8-14(11)16/h15-40H,1-14H3;7-16H,1-6H3;3-4,7-10H,5-6H2,1-2H3;2*3-10H,1-2H3. The van der Waals surface area contributed by atoms with Crippen molar-refractivity contribution >= 4 is 64.6 Å². The molecule has 0 spiro atoms. The Kier molecular flexibility index (Phi) is 27.7. The lowest BCUT2D eigenvalue weighted by atomic mass is 9.84. The number of hydrogen-bond donors (Lipinski definition) is 0. The highest BCUT2D eigenvalue weighted by Gasteiger charge is 2.24. The summed E-state index contributed by atoms with van der Waals surface area (Å²) in [5, 5.41) is 16.1. The van der Waals surface area contributed by atoms with Crippen molar-refractivity contribution in [2.24, 2.45) is 0 Å². The summed E-state index contributed by atoms with van der Waals surface area (Å²) < 4.78 is 0. The monoisotopic (exact) mass is 1820 g/mol. The average molecular weight is 1820 g/mol. The maximum Gasteiger partial charge on any atom is -0.00963 e. The zero-order valence-corrected chi connectivity index (χ0v) is 87.9. The van der Waals surface area contributed by atoms with Gasteiger partial charge in [0.2, 0.25) is 0 Å². The predicted molar refractivity (Wildman–Crippen MR) is 615 cm³/mol. The Labute approximate surface area is 836 Å². The van der Waals surface area contributed by atoms with Crippen molar-refractivity contribution in [3.8, 4) is 100 Å². The van der Waals surface area contributed by atoms with Crippen molar-refractivity contribution in [1.29, 1.82) is 0 Å². The maximum absolute atomic E-state index is 2.41. The van der Waals surface area contributed by atoms with Crippen LogP contribution in [0.1, 0.15) is 194 Å².